The van der Waals surface area contributed by atoms with Gasteiger partial charge in [0.05, 0.1) is 24.4 Å². The summed E-state index contributed by atoms with van der Waals surface area (Å²) < 4.78 is 11.4. The van der Waals surface area contributed by atoms with Crippen molar-refractivity contribution in [2.45, 2.75) is 64.4 Å². The van der Waals surface area contributed by atoms with E-state index in [1.165, 1.54) is 0 Å². The number of fused-ring (bicyclic) bond motifs is 3. The minimum atomic E-state index is -0.515. The number of aromatic nitrogens is 2. The third kappa shape index (κ3) is 3.60. The Labute approximate surface area is 158 Å². The third-order valence-electron chi connectivity index (χ3n) is 5.01. The van der Waals surface area contributed by atoms with Crippen molar-refractivity contribution in [3.8, 4) is 0 Å². The standard InChI is InChI=1S/C18H25ClN4O3/c1-18(2,3)26-17(24)22-7-6-13-14(10-22)20-16(19)21-15(13)23-8-11-4-5-12(9-23)25-11/h11-12H,4-10H2,1-3H3. The Balaban J connectivity index is 1.56. The average molecular weight is 381 g/mol. The largest absolute Gasteiger partial charge is 0.444 e. The fourth-order valence-corrected chi connectivity index (χ4v) is 4.09. The Morgan fingerprint density at radius 3 is 2.58 bits per heavy atom. The van der Waals surface area contributed by atoms with E-state index in [1.54, 1.807) is 4.90 Å². The van der Waals surface area contributed by atoms with E-state index in [-0.39, 0.29) is 23.6 Å². The van der Waals surface area contributed by atoms with Gasteiger partial charge in [-0.1, -0.05) is 0 Å². The molecule has 0 radical (unpaired) electrons. The molecule has 0 saturated carbocycles. The van der Waals surface area contributed by atoms with Crippen molar-refractivity contribution in [3.63, 3.8) is 0 Å². The highest BCUT2D eigenvalue weighted by atomic mass is 35.5. The molecule has 1 aromatic rings. The van der Waals surface area contributed by atoms with Gasteiger partial charge >= 0.3 is 6.09 Å². The van der Waals surface area contributed by atoms with Gasteiger partial charge in [0.15, 0.2) is 0 Å². The predicted octanol–water partition coefficient (Wildman–Crippen LogP) is 2.79. The minimum absolute atomic E-state index is 0.226. The van der Waals surface area contributed by atoms with Crippen LogP contribution in [0.5, 0.6) is 0 Å². The van der Waals surface area contributed by atoms with Gasteiger partial charge in [-0.15, -0.1) is 0 Å². The number of ether oxygens (including phenoxy) is 2. The predicted molar refractivity (Wildman–Crippen MR) is 97.5 cm³/mol. The normalized spacial score (nSPS) is 25.2. The number of carbonyl (C=O) groups is 1. The third-order valence-corrected chi connectivity index (χ3v) is 5.18. The molecule has 1 aromatic heterocycles. The number of hydrogen-bond donors (Lipinski definition) is 0. The molecule has 2 saturated heterocycles. The molecule has 0 aromatic carbocycles. The molecule has 4 rings (SSSR count). The molecule has 4 heterocycles. The number of nitrogens with zero attached hydrogens (tertiary/aromatic N) is 4. The van der Waals surface area contributed by atoms with Crippen molar-refractivity contribution < 1.29 is 14.3 Å². The van der Waals surface area contributed by atoms with E-state index in [9.17, 15) is 4.79 Å². The van der Waals surface area contributed by atoms with Crippen LogP contribution in [0.3, 0.4) is 0 Å². The number of amides is 1. The molecule has 2 fully saturated rings. The summed E-state index contributed by atoms with van der Waals surface area (Å²) in [6.07, 6.45) is 3.15. The quantitative estimate of drug-likeness (QED) is 0.698. The first-order chi connectivity index (χ1) is 12.3. The summed E-state index contributed by atoms with van der Waals surface area (Å²) in [4.78, 5) is 25.3. The van der Waals surface area contributed by atoms with Crippen molar-refractivity contribution in [2.75, 3.05) is 24.5 Å². The Morgan fingerprint density at radius 1 is 1.23 bits per heavy atom. The summed E-state index contributed by atoms with van der Waals surface area (Å²) in [7, 11) is 0. The van der Waals surface area contributed by atoms with Crippen LogP contribution in [0, 0.1) is 0 Å². The van der Waals surface area contributed by atoms with Gasteiger partial charge in [-0.3, -0.25) is 0 Å². The monoisotopic (exact) mass is 380 g/mol. The molecular weight excluding hydrogens is 356 g/mol. The van der Waals surface area contributed by atoms with E-state index in [0.29, 0.717) is 19.5 Å². The van der Waals surface area contributed by atoms with Crippen LogP contribution in [0.4, 0.5) is 10.6 Å². The minimum Gasteiger partial charge on any atom is -0.444 e. The lowest BCUT2D eigenvalue weighted by Gasteiger charge is -2.36. The number of halogens is 1. The van der Waals surface area contributed by atoms with Gasteiger partial charge in [0, 0.05) is 25.2 Å². The topological polar surface area (TPSA) is 67.8 Å². The molecule has 2 bridgehead atoms. The highest BCUT2D eigenvalue weighted by Gasteiger charge is 2.36. The Hall–Kier alpha value is -1.60. The summed E-state index contributed by atoms with van der Waals surface area (Å²) >= 11 is 6.21. The second-order valence-electron chi connectivity index (χ2n) is 8.26. The van der Waals surface area contributed by atoms with Gasteiger partial charge in [-0.2, -0.15) is 0 Å². The van der Waals surface area contributed by atoms with Gasteiger partial charge in [0.2, 0.25) is 5.28 Å². The highest BCUT2D eigenvalue weighted by Crippen LogP contribution is 2.33. The lowest BCUT2D eigenvalue weighted by Crippen LogP contribution is -2.45. The SMILES string of the molecule is CC(C)(C)OC(=O)N1CCc2c(nc(Cl)nc2N2CC3CCC(C2)O3)C1. The maximum atomic E-state index is 12.4. The molecule has 0 spiro atoms. The van der Waals surface area contributed by atoms with Crippen LogP contribution in [0.2, 0.25) is 5.28 Å². The van der Waals surface area contributed by atoms with Crippen molar-refractivity contribution >= 4 is 23.5 Å². The first-order valence-corrected chi connectivity index (χ1v) is 9.60. The molecule has 2 atom stereocenters. The van der Waals surface area contributed by atoms with Crippen LogP contribution < -0.4 is 4.90 Å². The molecule has 0 N–H and O–H groups in total. The van der Waals surface area contributed by atoms with Gasteiger partial charge in [0.1, 0.15) is 11.4 Å². The van der Waals surface area contributed by atoms with Crippen molar-refractivity contribution in [3.05, 3.63) is 16.5 Å². The number of hydrogen-bond acceptors (Lipinski definition) is 6. The highest BCUT2D eigenvalue weighted by molar-refractivity contribution is 6.28. The maximum absolute atomic E-state index is 12.4. The van der Waals surface area contributed by atoms with Gasteiger partial charge in [0.25, 0.3) is 0 Å². The van der Waals surface area contributed by atoms with E-state index in [4.69, 9.17) is 21.1 Å². The Morgan fingerprint density at radius 2 is 1.92 bits per heavy atom. The van der Waals surface area contributed by atoms with Crippen LogP contribution in [0.15, 0.2) is 0 Å². The molecule has 8 heteroatoms. The second-order valence-corrected chi connectivity index (χ2v) is 8.59. The molecule has 26 heavy (non-hydrogen) atoms. The molecule has 0 aliphatic carbocycles. The molecule has 3 aliphatic rings. The van der Waals surface area contributed by atoms with Crippen LogP contribution in [-0.4, -0.2) is 58.4 Å². The van der Waals surface area contributed by atoms with Crippen LogP contribution >= 0.6 is 11.6 Å². The van der Waals surface area contributed by atoms with Crippen LogP contribution in [0.1, 0.15) is 44.9 Å². The smallest absolute Gasteiger partial charge is 0.410 e. The van der Waals surface area contributed by atoms with E-state index < -0.39 is 5.60 Å². The van der Waals surface area contributed by atoms with Crippen LogP contribution in [0.25, 0.3) is 0 Å². The Bertz CT molecular complexity index is 709. The molecule has 7 nitrogen and oxygen atoms in total. The summed E-state index contributed by atoms with van der Waals surface area (Å²) in [6, 6.07) is 0. The molecule has 1 amide bonds. The summed E-state index contributed by atoms with van der Waals surface area (Å²) in [5.74, 6) is 0.907. The maximum Gasteiger partial charge on any atom is 0.410 e. The molecule has 142 valence electrons. The lowest BCUT2D eigenvalue weighted by molar-refractivity contribution is 0.0220. The summed E-state index contributed by atoms with van der Waals surface area (Å²) in [5.41, 5.74) is 1.39. The van der Waals surface area contributed by atoms with E-state index >= 15 is 0 Å². The zero-order chi connectivity index (χ0) is 18.5. The van der Waals surface area contributed by atoms with E-state index in [0.717, 1.165) is 43.0 Å². The number of anilines is 1. The first-order valence-electron chi connectivity index (χ1n) is 9.22. The fraction of sp³-hybridized carbons (Fsp3) is 0.722. The lowest BCUT2D eigenvalue weighted by atomic mass is 10.0. The molecule has 3 aliphatic heterocycles. The average Bonchev–Trinajstić information content (AvgIpc) is 2.90. The van der Waals surface area contributed by atoms with Gasteiger partial charge in [-0.25, -0.2) is 14.8 Å². The van der Waals surface area contributed by atoms with Crippen molar-refractivity contribution in [1.82, 2.24) is 14.9 Å². The number of rotatable bonds is 1. The zero-order valence-electron chi connectivity index (χ0n) is 15.5. The van der Waals surface area contributed by atoms with Gasteiger partial charge in [-0.05, 0) is 51.6 Å². The number of carbonyl (C=O) groups excluding carboxylic acids is 1. The second kappa shape index (κ2) is 6.53. The molecule has 2 unspecified atom stereocenters. The number of morpholine rings is 1. The first kappa shape index (κ1) is 17.8. The van der Waals surface area contributed by atoms with E-state index in [1.807, 2.05) is 20.8 Å². The molecular formula is C18H25ClN4O3. The van der Waals surface area contributed by atoms with E-state index in [2.05, 4.69) is 14.9 Å². The van der Waals surface area contributed by atoms with Crippen molar-refractivity contribution in [1.29, 1.82) is 0 Å². The summed E-state index contributed by atoms with van der Waals surface area (Å²) in [5, 5.41) is 0.226. The Kier molecular flexibility index (Phi) is 4.47. The van der Waals surface area contributed by atoms with Crippen LogP contribution in [-0.2, 0) is 22.4 Å². The summed E-state index contributed by atoms with van der Waals surface area (Å²) in [6.45, 7) is 8.28. The van der Waals surface area contributed by atoms with Crippen molar-refractivity contribution in [2.24, 2.45) is 0 Å². The van der Waals surface area contributed by atoms with Gasteiger partial charge < -0.3 is 19.3 Å². The zero-order valence-corrected chi connectivity index (χ0v) is 16.3. The fourth-order valence-electron chi connectivity index (χ4n) is 3.91.